The van der Waals surface area contributed by atoms with Crippen molar-refractivity contribution in [2.45, 2.75) is 39.0 Å². The zero-order chi connectivity index (χ0) is 27.8. The Morgan fingerprint density at radius 1 is 1.00 bits per heavy atom. The number of anilines is 1. The van der Waals surface area contributed by atoms with Gasteiger partial charge in [0, 0.05) is 9.90 Å². The standard InChI is InChI=1S/C28H26ClN3O6S/c1-2-37-28(36)23-21-9-4-3-5-10-22(21)39-26(23)31-24(33)25(34)32-30-16-17-11-13-20(14-12-17)38-27(35)18-7-6-8-19(29)15-18/h6-8,11-16H,2-5,9-10H2,1H3,(H,31,33)(H,32,34). The van der Waals surface area contributed by atoms with E-state index in [9.17, 15) is 19.2 Å². The smallest absolute Gasteiger partial charge is 0.343 e. The highest BCUT2D eigenvalue weighted by molar-refractivity contribution is 7.17. The van der Waals surface area contributed by atoms with E-state index in [1.54, 1.807) is 49.4 Å². The van der Waals surface area contributed by atoms with Crippen molar-refractivity contribution in [3.05, 3.63) is 80.7 Å². The van der Waals surface area contributed by atoms with Crippen molar-refractivity contribution in [3.8, 4) is 5.75 Å². The van der Waals surface area contributed by atoms with Crippen LogP contribution in [0.25, 0.3) is 0 Å². The number of ether oxygens (including phenoxy) is 2. The van der Waals surface area contributed by atoms with Gasteiger partial charge in [-0.05, 0) is 86.2 Å². The van der Waals surface area contributed by atoms with E-state index < -0.39 is 23.8 Å². The Hall–Kier alpha value is -4.02. The van der Waals surface area contributed by atoms with E-state index in [2.05, 4.69) is 15.8 Å². The molecule has 0 spiro atoms. The van der Waals surface area contributed by atoms with Gasteiger partial charge < -0.3 is 14.8 Å². The van der Waals surface area contributed by atoms with Gasteiger partial charge in [0.25, 0.3) is 0 Å². The van der Waals surface area contributed by atoms with Gasteiger partial charge in [-0.25, -0.2) is 15.0 Å². The van der Waals surface area contributed by atoms with Crippen LogP contribution < -0.4 is 15.5 Å². The minimum absolute atomic E-state index is 0.206. The Morgan fingerprint density at radius 3 is 2.51 bits per heavy atom. The van der Waals surface area contributed by atoms with Gasteiger partial charge in [-0.2, -0.15) is 5.10 Å². The Morgan fingerprint density at radius 2 is 1.77 bits per heavy atom. The summed E-state index contributed by atoms with van der Waals surface area (Å²) in [4.78, 5) is 50.8. The average molecular weight is 568 g/mol. The average Bonchev–Trinajstić information content (AvgIpc) is 3.09. The molecule has 2 amide bonds. The first kappa shape index (κ1) is 28.0. The highest BCUT2D eigenvalue weighted by Crippen LogP contribution is 2.38. The molecule has 1 aliphatic carbocycles. The number of amides is 2. The summed E-state index contributed by atoms with van der Waals surface area (Å²) in [5.41, 5.74) is 4.32. The van der Waals surface area contributed by atoms with Crippen molar-refractivity contribution in [1.82, 2.24) is 5.43 Å². The molecule has 11 heteroatoms. The summed E-state index contributed by atoms with van der Waals surface area (Å²) in [5.74, 6) is -2.68. The SMILES string of the molecule is CCOC(=O)c1c(NC(=O)C(=O)NN=Cc2ccc(OC(=O)c3cccc(Cl)c3)cc2)sc2c1CCCCC2. The fourth-order valence-corrected chi connectivity index (χ4v) is 5.49. The number of thiophene rings is 1. The molecule has 0 fully saturated rings. The fourth-order valence-electron chi connectivity index (χ4n) is 4.03. The third-order valence-corrected chi connectivity index (χ3v) is 7.31. The highest BCUT2D eigenvalue weighted by Gasteiger charge is 2.27. The van der Waals surface area contributed by atoms with E-state index in [1.165, 1.54) is 23.6 Å². The summed E-state index contributed by atoms with van der Waals surface area (Å²) < 4.78 is 10.5. The Labute approximate surface area is 234 Å². The summed E-state index contributed by atoms with van der Waals surface area (Å²) in [6.07, 6.45) is 5.91. The molecule has 1 aliphatic rings. The topological polar surface area (TPSA) is 123 Å². The van der Waals surface area contributed by atoms with Crippen LogP contribution in [0.4, 0.5) is 5.00 Å². The molecule has 0 saturated carbocycles. The van der Waals surface area contributed by atoms with Gasteiger partial charge >= 0.3 is 23.8 Å². The van der Waals surface area contributed by atoms with Gasteiger partial charge in [-0.15, -0.1) is 11.3 Å². The molecule has 1 heterocycles. The number of rotatable bonds is 7. The molecule has 39 heavy (non-hydrogen) atoms. The maximum Gasteiger partial charge on any atom is 0.343 e. The predicted octanol–water partition coefficient (Wildman–Crippen LogP) is 5.16. The molecule has 9 nitrogen and oxygen atoms in total. The fraction of sp³-hybridized carbons (Fsp3) is 0.250. The van der Waals surface area contributed by atoms with Crippen LogP contribution in [0.15, 0.2) is 53.6 Å². The number of hydrogen-bond donors (Lipinski definition) is 2. The summed E-state index contributed by atoms with van der Waals surface area (Å²) in [6.45, 7) is 1.92. The second-order valence-electron chi connectivity index (χ2n) is 8.61. The van der Waals surface area contributed by atoms with Crippen LogP contribution in [0.1, 0.15) is 62.9 Å². The first-order valence-electron chi connectivity index (χ1n) is 12.4. The first-order chi connectivity index (χ1) is 18.9. The molecule has 1 aromatic heterocycles. The summed E-state index contributed by atoms with van der Waals surface area (Å²) in [6, 6.07) is 12.8. The van der Waals surface area contributed by atoms with Gasteiger partial charge in [0.15, 0.2) is 0 Å². The number of aryl methyl sites for hydroxylation is 1. The van der Waals surface area contributed by atoms with Gasteiger partial charge in [0.2, 0.25) is 0 Å². The molecule has 0 atom stereocenters. The third kappa shape index (κ3) is 7.30. The van der Waals surface area contributed by atoms with E-state index in [4.69, 9.17) is 21.1 Å². The second-order valence-corrected chi connectivity index (χ2v) is 10.2. The van der Waals surface area contributed by atoms with Crippen molar-refractivity contribution < 1.29 is 28.7 Å². The summed E-state index contributed by atoms with van der Waals surface area (Å²) >= 11 is 7.21. The lowest BCUT2D eigenvalue weighted by atomic mass is 10.1. The molecule has 2 N–H and O–H groups in total. The molecule has 0 unspecified atom stereocenters. The molecule has 202 valence electrons. The van der Waals surface area contributed by atoms with Crippen LogP contribution in [0.3, 0.4) is 0 Å². The highest BCUT2D eigenvalue weighted by atomic mass is 35.5. The van der Waals surface area contributed by atoms with Gasteiger partial charge in [0.05, 0.1) is 23.9 Å². The van der Waals surface area contributed by atoms with Crippen molar-refractivity contribution in [2.24, 2.45) is 5.10 Å². The third-order valence-electron chi connectivity index (χ3n) is 5.86. The number of benzene rings is 2. The number of nitrogens with one attached hydrogen (secondary N) is 2. The number of nitrogens with zero attached hydrogens (tertiary/aromatic N) is 1. The van der Waals surface area contributed by atoms with Crippen LogP contribution in [0.2, 0.25) is 5.02 Å². The molecule has 0 radical (unpaired) electrons. The predicted molar refractivity (Wildman–Crippen MR) is 149 cm³/mol. The maximum absolute atomic E-state index is 12.6. The number of carbonyl (C=O) groups is 4. The summed E-state index contributed by atoms with van der Waals surface area (Å²) in [7, 11) is 0. The minimum Gasteiger partial charge on any atom is -0.462 e. The number of hydrogen-bond acceptors (Lipinski definition) is 8. The molecule has 0 saturated heterocycles. The quantitative estimate of drug-likeness (QED) is 0.102. The monoisotopic (exact) mass is 567 g/mol. The van der Waals surface area contributed by atoms with Gasteiger partial charge in [0.1, 0.15) is 10.8 Å². The van der Waals surface area contributed by atoms with Crippen LogP contribution in [0.5, 0.6) is 5.75 Å². The van der Waals surface area contributed by atoms with Crippen molar-refractivity contribution in [2.75, 3.05) is 11.9 Å². The van der Waals surface area contributed by atoms with Gasteiger partial charge in [-0.3, -0.25) is 9.59 Å². The van der Waals surface area contributed by atoms with Crippen molar-refractivity contribution in [3.63, 3.8) is 0 Å². The molecule has 3 aromatic rings. The Balaban J connectivity index is 1.35. The first-order valence-corrected chi connectivity index (χ1v) is 13.6. The van der Waals surface area contributed by atoms with E-state index in [1.807, 2.05) is 0 Å². The van der Waals surface area contributed by atoms with E-state index >= 15 is 0 Å². The normalized spacial score (nSPS) is 12.8. The largest absolute Gasteiger partial charge is 0.462 e. The van der Waals surface area contributed by atoms with Crippen LogP contribution in [-0.4, -0.2) is 36.6 Å². The lowest BCUT2D eigenvalue weighted by molar-refractivity contribution is -0.136. The molecule has 2 aromatic carbocycles. The Bertz CT molecular complexity index is 1420. The van der Waals surface area contributed by atoms with Crippen LogP contribution in [0, 0.1) is 0 Å². The number of fused-ring (bicyclic) bond motifs is 1. The number of carbonyl (C=O) groups excluding carboxylic acids is 4. The number of hydrazone groups is 1. The lowest BCUT2D eigenvalue weighted by Gasteiger charge is -2.08. The second kappa shape index (κ2) is 13.2. The molecule has 0 aliphatic heterocycles. The minimum atomic E-state index is -0.989. The van der Waals surface area contributed by atoms with Gasteiger partial charge in [-0.1, -0.05) is 24.1 Å². The molecular formula is C28H26ClN3O6S. The maximum atomic E-state index is 12.6. The zero-order valence-corrected chi connectivity index (χ0v) is 22.7. The molecular weight excluding hydrogens is 542 g/mol. The van der Waals surface area contributed by atoms with E-state index in [-0.39, 0.29) is 6.61 Å². The number of halogens is 1. The van der Waals surface area contributed by atoms with Crippen LogP contribution >= 0.6 is 22.9 Å². The molecule has 0 bridgehead atoms. The summed E-state index contributed by atoms with van der Waals surface area (Å²) in [5, 5.41) is 7.11. The van der Waals surface area contributed by atoms with Crippen LogP contribution in [-0.2, 0) is 27.2 Å². The van der Waals surface area contributed by atoms with Crippen molar-refractivity contribution in [1.29, 1.82) is 0 Å². The van der Waals surface area contributed by atoms with Crippen molar-refractivity contribution >= 4 is 57.9 Å². The lowest BCUT2D eigenvalue weighted by Crippen LogP contribution is -2.32. The van der Waals surface area contributed by atoms with E-state index in [0.29, 0.717) is 32.5 Å². The van der Waals surface area contributed by atoms with E-state index in [0.717, 1.165) is 42.5 Å². The molecule has 4 rings (SSSR count). The zero-order valence-electron chi connectivity index (χ0n) is 21.1. The number of esters is 2. The Kier molecular flexibility index (Phi) is 9.45.